The maximum Gasteiger partial charge on any atom is 0.261 e. The van der Waals surface area contributed by atoms with Crippen molar-refractivity contribution in [3.63, 3.8) is 0 Å². The molecule has 6 heteroatoms. The predicted octanol–water partition coefficient (Wildman–Crippen LogP) is 4.69. The van der Waals surface area contributed by atoms with Crippen LogP contribution in [-0.4, -0.2) is 24.3 Å². The van der Waals surface area contributed by atoms with Gasteiger partial charge in [0.05, 0.1) is 0 Å². The molecule has 0 radical (unpaired) electrons. The molecule has 0 bridgehead atoms. The molecule has 25 heavy (non-hydrogen) atoms. The van der Waals surface area contributed by atoms with Crippen molar-refractivity contribution in [2.75, 3.05) is 12.3 Å². The van der Waals surface area contributed by atoms with Gasteiger partial charge in [0.1, 0.15) is 11.6 Å². The monoisotopic (exact) mass is 381 g/mol. The van der Waals surface area contributed by atoms with Crippen LogP contribution in [0, 0.1) is 5.82 Å². The molecule has 0 fully saturated rings. The summed E-state index contributed by atoms with van der Waals surface area (Å²) in [5.74, 6) is 1.57. The van der Waals surface area contributed by atoms with Gasteiger partial charge in [-0.15, -0.1) is 0 Å². The van der Waals surface area contributed by atoms with Crippen LogP contribution in [0.2, 0.25) is 5.02 Å². The third-order valence-electron chi connectivity index (χ3n) is 3.52. The van der Waals surface area contributed by atoms with E-state index in [0.717, 1.165) is 22.1 Å². The molecular weight excluding hydrogens is 361 g/mol. The van der Waals surface area contributed by atoms with Gasteiger partial charge in [0.25, 0.3) is 5.91 Å². The summed E-state index contributed by atoms with van der Waals surface area (Å²) in [7, 11) is 0. The number of hydrogen-bond acceptors (Lipinski definition) is 3. The average molecular weight is 382 g/mol. The highest BCUT2D eigenvalue weighted by Crippen LogP contribution is 2.20. The zero-order valence-corrected chi connectivity index (χ0v) is 15.6. The molecule has 0 aliphatic carbocycles. The fourth-order valence-electron chi connectivity index (χ4n) is 2.16. The van der Waals surface area contributed by atoms with Crippen molar-refractivity contribution < 1.29 is 13.9 Å². The van der Waals surface area contributed by atoms with E-state index in [1.807, 2.05) is 31.2 Å². The van der Waals surface area contributed by atoms with Crippen LogP contribution in [0.15, 0.2) is 48.5 Å². The molecule has 2 rings (SSSR count). The lowest BCUT2D eigenvalue weighted by molar-refractivity contribution is -0.127. The van der Waals surface area contributed by atoms with E-state index in [1.54, 1.807) is 11.8 Å². The Bertz CT molecular complexity index is 681. The van der Waals surface area contributed by atoms with Gasteiger partial charge in [0.15, 0.2) is 6.10 Å². The second kappa shape index (κ2) is 10.3. The number of ether oxygens (including phenoxy) is 1. The van der Waals surface area contributed by atoms with Crippen molar-refractivity contribution in [2.24, 2.45) is 0 Å². The first-order chi connectivity index (χ1) is 12.1. The Morgan fingerprint density at radius 1 is 1.24 bits per heavy atom. The van der Waals surface area contributed by atoms with Gasteiger partial charge < -0.3 is 10.1 Å². The first-order valence-corrected chi connectivity index (χ1v) is 9.64. The fourth-order valence-corrected chi connectivity index (χ4v) is 3.30. The molecule has 1 amide bonds. The van der Waals surface area contributed by atoms with Crippen molar-refractivity contribution in [1.29, 1.82) is 0 Å². The first-order valence-electron chi connectivity index (χ1n) is 8.11. The molecule has 0 aliphatic heterocycles. The average Bonchev–Trinajstić information content (AvgIpc) is 2.62. The third-order valence-corrected chi connectivity index (χ3v) is 4.89. The zero-order valence-electron chi connectivity index (χ0n) is 14.0. The summed E-state index contributed by atoms with van der Waals surface area (Å²) >= 11 is 7.82. The molecule has 0 aliphatic rings. The van der Waals surface area contributed by atoms with E-state index in [-0.39, 0.29) is 11.7 Å². The summed E-state index contributed by atoms with van der Waals surface area (Å²) in [5, 5.41) is 3.64. The molecule has 0 saturated carbocycles. The molecule has 3 nitrogen and oxygen atoms in total. The topological polar surface area (TPSA) is 38.3 Å². The molecular formula is C19H21ClFNO2S. The lowest BCUT2D eigenvalue weighted by Gasteiger charge is -2.17. The van der Waals surface area contributed by atoms with Gasteiger partial charge in [-0.1, -0.05) is 36.7 Å². The number of halogens is 2. The van der Waals surface area contributed by atoms with E-state index in [4.69, 9.17) is 16.3 Å². The van der Waals surface area contributed by atoms with Crippen LogP contribution in [-0.2, 0) is 10.5 Å². The Morgan fingerprint density at radius 3 is 2.64 bits per heavy atom. The summed E-state index contributed by atoms with van der Waals surface area (Å²) in [6.07, 6.45) is -0.0466. The summed E-state index contributed by atoms with van der Waals surface area (Å²) < 4.78 is 18.5. The normalized spacial score (nSPS) is 11.8. The summed E-state index contributed by atoms with van der Waals surface area (Å²) in [5.41, 5.74) is 1.09. The minimum absolute atomic E-state index is 0.162. The predicted molar refractivity (Wildman–Crippen MR) is 102 cm³/mol. The largest absolute Gasteiger partial charge is 0.481 e. The molecule has 1 N–H and O–H groups in total. The number of amides is 1. The van der Waals surface area contributed by atoms with Gasteiger partial charge in [0.2, 0.25) is 0 Å². The lowest BCUT2D eigenvalue weighted by atomic mass is 10.2. The van der Waals surface area contributed by atoms with Gasteiger partial charge in [-0.2, -0.15) is 11.8 Å². The van der Waals surface area contributed by atoms with Crippen LogP contribution >= 0.6 is 23.4 Å². The van der Waals surface area contributed by atoms with Crippen LogP contribution in [0.3, 0.4) is 0 Å². The lowest BCUT2D eigenvalue weighted by Crippen LogP contribution is -2.39. The highest BCUT2D eigenvalue weighted by molar-refractivity contribution is 7.98. The number of carbonyl (C=O) groups excluding carboxylic acids is 1. The summed E-state index contributed by atoms with van der Waals surface area (Å²) in [6, 6.07) is 13.4. The van der Waals surface area contributed by atoms with Crippen molar-refractivity contribution in [1.82, 2.24) is 5.32 Å². The Balaban J connectivity index is 1.71. The van der Waals surface area contributed by atoms with Crippen molar-refractivity contribution in [2.45, 2.75) is 25.2 Å². The fraction of sp³-hybridized carbons (Fsp3) is 0.316. The van der Waals surface area contributed by atoms with Crippen LogP contribution in [0.5, 0.6) is 5.75 Å². The van der Waals surface area contributed by atoms with Crippen LogP contribution in [0.1, 0.15) is 18.9 Å². The van der Waals surface area contributed by atoms with E-state index >= 15 is 0 Å². The smallest absolute Gasteiger partial charge is 0.261 e. The van der Waals surface area contributed by atoms with Crippen molar-refractivity contribution in [3.05, 3.63) is 64.9 Å². The van der Waals surface area contributed by atoms with Gasteiger partial charge >= 0.3 is 0 Å². The minimum atomic E-state index is -0.584. The molecule has 0 saturated heterocycles. The molecule has 0 aromatic heterocycles. The van der Waals surface area contributed by atoms with Crippen LogP contribution < -0.4 is 10.1 Å². The number of nitrogens with one attached hydrogen (secondary N) is 1. The molecule has 0 heterocycles. The Kier molecular flexibility index (Phi) is 8.09. The summed E-state index contributed by atoms with van der Waals surface area (Å²) in [6.45, 7) is 2.43. The maximum absolute atomic E-state index is 12.9. The van der Waals surface area contributed by atoms with Gasteiger partial charge in [0, 0.05) is 23.1 Å². The van der Waals surface area contributed by atoms with Crippen molar-refractivity contribution in [3.8, 4) is 5.75 Å². The van der Waals surface area contributed by atoms with Gasteiger partial charge in [-0.05, 0) is 42.3 Å². The van der Waals surface area contributed by atoms with Crippen molar-refractivity contribution >= 4 is 29.3 Å². The SMILES string of the molecule is CCC(Oc1ccc(F)cc1)C(=O)NCCSCc1ccccc1Cl. The third kappa shape index (κ3) is 6.59. The highest BCUT2D eigenvalue weighted by atomic mass is 35.5. The number of benzene rings is 2. The Hall–Kier alpha value is -1.72. The number of thioether (sulfide) groups is 1. The first kappa shape index (κ1) is 19.6. The van der Waals surface area contributed by atoms with Gasteiger partial charge in [-0.25, -0.2) is 4.39 Å². The standard InChI is InChI=1S/C19H21ClFNO2S/c1-2-18(24-16-9-7-15(21)8-10-16)19(23)22-11-12-25-13-14-5-3-4-6-17(14)20/h3-10,18H,2,11-13H2,1H3,(H,22,23). The quantitative estimate of drug-likeness (QED) is 0.640. The second-order valence-electron chi connectivity index (χ2n) is 5.40. The number of carbonyl (C=O) groups is 1. The molecule has 2 aromatic rings. The molecule has 0 spiro atoms. The van der Waals surface area contributed by atoms with E-state index in [0.29, 0.717) is 18.7 Å². The number of hydrogen-bond donors (Lipinski definition) is 1. The highest BCUT2D eigenvalue weighted by Gasteiger charge is 2.17. The maximum atomic E-state index is 12.9. The van der Waals surface area contributed by atoms with Crippen LogP contribution in [0.4, 0.5) is 4.39 Å². The number of rotatable bonds is 9. The Labute approximate surface area is 156 Å². The van der Waals surface area contributed by atoms with E-state index in [9.17, 15) is 9.18 Å². The molecule has 1 unspecified atom stereocenters. The van der Waals surface area contributed by atoms with E-state index < -0.39 is 6.10 Å². The Morgan fingerprint density at radius 2 is 1.96 bits per heavy atom. The summed E-state index contributed by atoms with van der Waals surface area (Å²) in [4.78, 5) is 12.2. The second-order valence-corrected chi connectivity index (χ2v) is 6.92. The van der Waals surface area contributed by atoms with E-state index in [1.165, 1.54) is 24.3 Å². The molecule has 134 valence electrons. The van der Waals surface area contributed by atoms with Gasteiger partial charge in [-0.3, -0.25) is 4.79 Å². The van der Waals surface area contributed by atoms with Crippen LogP contribution in [0.25, 0.3) is 0 Å². The van der Waals surface area contributed by atoms with E-state index in [2.05, 4.69) is 5.32 Å². The molecule has 1 atom stereocenters. The minimum Gasteiger partial charge on any atom is -0.481 e. The zero-order chi connectivity index (χ0) is 18.1. The molecule has 2 aromatic carbocycles.